The Labute approximate surface area is 149 Å². The first-order valence-electron chi connectivity index (χ1n) is 7.18. The van der Waals surface area contributed by atoms with Crippen LogP contribution < -0.4 is 5.73 Å². The lowest BCUT2D eigenvalue weighted by Crippen LogP contribution is -2.33. The van der Waals surface area contributed by atoms with Crippen LogP contribution in [-0.2, 0) is 24.8 Å². The van der Waals surface area contributed by atoms with E-state index in [2.05, 4.69) is 5.10 Å². The summed E-state index contributed by atoms with van der Waals surface area (Å²) in [6.07, 6.45) is 4.81. The van der Waals surface area contributed by atoms with E-state index < -0.39 is 0 Å². The van der Waals surface area contributed by atoms with Crippen molar-refractivity contribution in [1.29, 1.82) is 0 Å². The van der Waals surface area contributed by atoms with Crippen molar-refractivity contribution >= 4 is 30.7 Å². The summed E-state index contributed by atoms with van der Waals surface area (Å²) in [5.41, 5.74) is 7.65. The van der Waals surface area contributed by atoms with Gasteiger partial charge in [0, 0.05) is 26.3 Å². The topological polar surface area (TPSA) is 64.2 Å². The van der Waals surface area contributed by atoms with Gasteiger partial charge in [0.05, 0.1) is 12.6 Å². The second-order valence-corrected chi connectivity index (χ2v) is 5.14. The van der Waals surface area contributed by atoms with Gasteiger partial charge in [-0.1, -0.05) is 30.3 Å². The highest BCUT2D eigenvalue weighted by Crippen LogP contribution is 2.08. The number of nitrogens with zero attached hydrogens (tertiary/aromatic N) is 3. The number of benzene rings is 1. The highest BCUT2D eigenvalue weighted by atomic mass is 35.5. The van der Waals surface area contributed by atoms with Gasteiger partial charge in [-0.15, -0.1) is 24.8 Å². The fourth-order valence-corrected chi connectivity index (χ4v) is 2.23. The lowest BCUT2D eigenvalue weighted by atomic mass is 10.1. The second kappa shape index (κ2) is 11.0. The molecule has 1 amide bonds. The number of rotatable bonds is 7. The van der Waals surface area contributed by atoms with Crippen LogP contribution in [-0.4, -0.2) is 33.7 Å². The molecular formula is C16H24Cl2N4O. The van der Waals surface area contributed by atoms with Crippen LogP contribution in [0, 0.1) is 0 Å². The molecule has 1 aromatic carbocycles. The van der Waals surface area contributed by atoms with Crippen LogP contribution in [0.1, 0.15) is 17.5 Å². The SMILES string of the molecule is Cl.Cl.Cn1cc(CC(=O)N(CCCN)Cc2ccccc2)cn1. The van der Waals surface area contributed by atoms with Crippen molar-refractivity contribution in [3.63, 3.8) is 0 Å². The molecule has 0 spiro atoms. The van der Waals surface area contributed by atoms with E-state index in [1.807, 2.05) is 48.5 Å². The molecule has 0 saturated carbocycles. The lowest BCUT2D eigenvalue weighted by molar-refractivity contribution is -0.131. The first-order valence-corrected chi connectivity index (χ1v) is 7.18. The number of carbonyl (C=O) groups is 1. The zero-order chi connectivity index (χ0) is 15.1. The number of aromatic nitrogens is 2. The second-order valence-electron chi connectivity index (χ2n) is 5.14. The molecule has 0 aliphatic carbocycles. The van der Waals surface area contributed by atoms with Gasteiger partial charge in [0.25, 0.3) is 0 Å². The monoisotopic (exact) mass is 358 g/mol. The van der Waals surface area contributed by atoms with Crippen LogP contribution in [0.2, 0.25) is 0 Å². The van der Waals surface area contributed by atoms with Crippen LogP contribution >= 0.6 is 24.8 Å². The molecule has 0 aliphatic rings. The maximum Gasteiger partial charge on any atom is 0.227 e. The normalized spacial score (nSPS) is 9.65. The summed E-state index contributed by atoms with van der Waals surface area (Å²) in [6, 6.07) is 10.0. The third-order valence-electron chi connectivity index (χ3n) is 3.31. The molecule has 0 unspecified atom stereocenters. The predicted molar refractivity (Wildman–Crippen MR) is 96.9 cm³/mol. The summed E-state index contributed by atoms with van der Waals surface area (Å²) in [4.78, 5) is 14.4. The number of aryl methyl sites for hydroxylation is 1. The van der Waals surface area contributed by atoms with E-state index in [0.29, 0.717) is 26.1 Å². The maximum atomic E-state index is 12.5. The van der Waals surface area contributed by atoms with Crippen molar-refractivity contribution in [3.8, 4) is 0 Å². The molecular weight excluding hydrogens is 335 g/mol. The largest absolute Gasteiger partial charge is 0.338 e. The van der Waals surface area contributed by atoms with Crippen molar-refractivity contribution in [2.24, 2.45) is 12.8 Å². The van der Waals surface area contributed by atoms with Gasteiger partial charge in [-0.25, -0.2) is 0 Å². The Bertz CT molecular complexity index is 574. The molecule has 7 heteroatoms. The number of amides is 1. The molecule has 0 bridgehead atoms. The molecule has 23 heavy (non-hydrogen) atoms. The molecule has 2 N–H and O–H groups in total. The molecule has 2 aromatic rings. The molecule has 5 nitrogen and oxygen atoms in total. The smallest absolute Gasteiger partial charge is 0.227 e. The highest BCUT2D eigenvalue weighted by molar-refractivity contribution is 5.85. The molecule has 0 aliphatic heterocycles. The Morgan fingerprint density at radius 3 is 2.48 bits per heavy atom. The molecule has 0 fully saturated rings. The first-order chi connectivity index (χ1) is 10.2. The first kappa shape index (κ1) is 21.4. The zero-order valence-electron chi connectivity index (χ0n) is 13.2. The molecule has 1 aromatic heterocycles. The van der Waals surface area contributed by atoms with Crippen LogP contribution in [0.3, 0.4) is 0 Å². The van der Waals surface area contributed by atoms with E-state index in [9.17, 15) is 4.79 Å². The third-order valence-corrected chi connectivity index (χ3v) is 3.31. The maximum absolute atomic E-state index is 12.5. The van der Waals surface area contributed by atoms with Gasteiger partial charge in [-0.2, -0.15) is 5.10 Å². The molecule has 0 radical (unpaired) electrons. The van der Waals surface area contributed by atoms with E-state index in [4.69, 9.17) is 5.73 Å². The van der Waals surface area contributed by atoms with Crippen molar-refractivity contribution in [1.82, 2.24) is 14.7 Å². The standard InChI is InChI=1S/C16H22N4O.2ClH/c1-19-12-15(11-18-19)10-16(21)20(9-5-8-17)13-14-6-3-2-4-7-14;;/h2-4,6-7,11-12H,5,8-10,13,17H2,1H3;2*1H. The summed E-state index contributed by atoms with van der Waals surface area (Å²) < 4.78 is 1.71. The van der Waals surface area contributed by atoms with E-state index in [1.165, 1.54) is 0 Å². The summed E-state index contributed by atoms with van der Waals surface area (Å²) in [5, 5.41) is 4.10. The summed E-state index contributed by atoms with van der Waals surface area (Å²) in [6.45, 7) is 1.90. The fraction of sp³-hybridized carbons (Fsp3) is 0.375. The minimum Gasteiger partial charge on any atom is -0.338 e. The summed E-state index contributed by atoms with van der Waals surface area (Å²) in [7, 11) is 1.85. The van der Waals surface area contributed by atoms with Crippen LogP contribution in [0.15, 0.2) is 42.7 Å². The molecule has 0 saturated heterocycles. The van der Waals surface area contributed by atoms with Gasteiger partial charge in [0.1, 0.15) is 0 Å². The van der Waals surface area contributed by atoms with Gasteiger partial charge >= 0.3 is 0 Å². The van der Waals surface area contributed by atoms with E-state index in [-0.39, 0.29) is 30.7 Å². The van der Waals surface area contributed by atoms with Crippen LogP contribution in [0.25, 0.3) is 0 Å². The van der Waals surface area contributed by atoms with Gasteiger partial charge in [-0.05, 0) is 24.1 Å². The molecule has 2 rings (SSSR count). The fourth-order valence-electron chi connectivity index (χ4n) is 2.23. The van der Waals surface area contributed by atoms with Crippen LogP contribution in [0.5, 0.6) is 0 Å². The number of halogens is 2. The van der Waals surface area contributed by atoms with E-state index in [0.717, 1.165) is 17.5 Å². The number of carbonyl (C=O) groups excluding carboxylic acids is 1. The Hall–Kier alpha value is -1.56. The van der Waals surface area contributed by atoms with E-state index >= 15 is 0 Å². The van der Waals surface area contributed by atoms with Gasteiger partial charge in [-0.3, -0.25) is 9.48 Å². The average Bonchev–Trinajstić information content (AvgIpc) is 2.89. The van der Waals surface area contributed by atoms with Gasteiger partial charge < -0.3 is 10.6 Å². The average molecular weight is 359 g/mol. The molecule has 128 valence electrons. The van der Waals surface area contributed by atoms with E-state index in [1.54, 1.807) is 10.9 Å². The van der Waals surface area contributed by atoms with Gasteiger partial charge in [0.2, 0.25) is 5.91 Å². The Balaban J connectivity index is 0.00000242. The molecule has 1 heterocycles. The predicted octanol–water partition coefficient (Wildman–Crippen LogP) is 2.18. The third kappa shape index (κ3) is 7.03. The quantitative estimate of drug-likeness (QED) is 0.824. The number of hydrogen-bond acceptors (Lipinski definition) is 3. The number of nitrogens with two attached hydrogens (primary N) is 1. The minimum atomic E-state index is 0. The summed E-state index contributed by atoms with van der Waals surface area (Å²) in [5.74, 6) is 0.111. The van der Waals surface area contributed by atoms with Crippen LogP contribution in [0.4, 0.5) is 0 Å². The lowest BCUT2D eigenvalue weighted by Gasteiger charge is -2.22. The Morgan fingerprint density at radius 2 is 1.91 bits per heavy atom. The zero-order valence-corrected chi connectivity index (χ0v) is 14.9. The van der Waals surface area contributed by atoms with Crippen molar-refractivity contribution < 1.29 is 4.79 Å². The number of hydrogen-bond donors (Lipinski definition) is 1. The van der Waals surface area contributed by atoms with Crippen molar-refractivity contribution in [3.05, 3.63) is 53.9 Å². The molecule has 0 atom stereocenters. The van der Waals surface area contributed by atoms with Crippen molar-refractivity contribution in [2.75, 3.05) is 13.1 Å². The van der Waals surface area contributed by atoms with Crippen molar-refractivity contribution in [2.45, 2.75) is 19.4 Å². The van der Waals surface area contributed by atoms with Gasteiger partial charge in [0.15, 0.2) is 0 Å². The highest BCUT2D eigenvalue weighted by Gasteiger charge is 2.14. The Morgan fingerprint density at radius 1 is 1.22 bits per heavy atom. The Kier molecular flexibility index (Phi) is 10.3. The minimum absolute atomic E-state index is 0. The summed E-state index contributed by atoms with van der Waals surface area (Å²) >= 11 is 0.